The Bertz CT molecular complexity index is 597. The second-order valence-corrected chi connectivity index (χ2v) is 7.88. The van der Waals surface area contributed by atoms with E-state index in [1.54, 1.807) is 13.0 Å². The van der Waals surface area contributed by atoms with Gasteiger partial charge < -0.3 is 9.84 Å². The van der Waals surface area contributed by atoms with Crippen LogP contribution in [-0.4, -0.2) is 33.3 Å². The fraction of sp³-hybridized carbons (Fsp3) is 0.571. The van der Waals surface area contributed by atoms with E-state index < -0.39 is 10.0 Å². The van der Waals surface area contributed by atoms with E-state index in [0.717, 1.165) is 19.4 Å². The molecule has 21 heavy (non-hydrogen) atoms. The van der Waals surface area contributed by atoms with Crippen LogP contribution in [-0.2, 0) is 21.4 Å². The normalized spacial score (nSPS) is 19.7. The van der Waals surface area contributed by atoms with Gasteiger partial charge in [-0.2, -0.15) is 0 Å². The van der Waals surface area contributed by atoms with Gasteiger partial charge in [-0.1, -0.05) is 15.9 Å². The fourth-order valence-electron chi connectivity index (χ4n) is 2.35. The molecule has 118 valence electrons. The number of nitrogens with one attached hydrogen (secondary N) is 1. The second kappa shape index (κ2) is 7.19. The molecule has 2 N–H and O–H groups in total. The van der Waals surface area contributed by atoms with Crippen LogP contribution in [0.25, 0.3) is 0 Å². The molecule has 0 spiro atoms. The summed E-state index contributed by atoms with van der Waals surface area (Å²) < 4.78 is 33.6. The van der Waals surface area contributed by atoms with Crippen molar-refractivity contribution in [1.82, 2.24) is 4.72 Å². The Hall–Kier alpha value is -0.470. The van der Waals surface area contributed by atoms with E-state index in [1.807, 2.05) is 0 Å². The third-order valence-electron chi connectivity index (χ3n) is 3.65. The van der Waals surface area contributed by atoms with Crippen molar-refractivity contribution in [1.29, 1.82) is 0 Å². The van der Waals surface area contributed by atoms with Gasteiger partial charge in [0, 0.05) is 17.6 Å². The molecule has 1 fully saturated rings. The number of halogens is 1. The summed E-state index contributed by atoms with van der Waals surface area (Å²) in [4.78, 5) is 0.206. The molecule has 0 amide bonds. The summed E-state index contributed by atoms with van der Waals surface area (Å²) in [6, 6.07) is 3.24. The van der Waals surface area contributed by atoms with Crippen molar-refractivity contribution in [3.8, 4) is 0 Å². The lowest BCUT2D eigenvalue weighted by Gasteiger charge is -2.22. The maximum absolute atomic E-state index is 12.5. The first-order chi connectivity index (χ1) is 9.94. The summed E-state index contributed by atoms with van der Waals surface area (Å²) in [5.41, 5.74) is 1.20. The van der Waals surface area contributed by atoms with Gasteiger partial charge in [-0.3, -0.25) is 0 Å². The highest BCUT2D eigenvalue weighted by atomic mass is 79.9. The van der Waals surface area contributed by atoms with E-state index in [4.69, 9.17) is 4.74 Å². The van der Waals surface area contributed by atoms with Crippen LogP contribution in [0.3, 0.4) is 0 Å². The van der Waals surface area contributed by atoms with E-state index in [1.165, 1.54) is 6.07 Å². The third-order valence-corrected chi connectivity index (χ3v) is 6.02. The highest BCUT2D eigenvalue weighted by Gasteiger charge is 2.22. The van der Waals surface area contributed by atoms with Gasteiger partial charge in [-0.15, -0.1) is 0 Å². The summed E-state index contributed by atoms with van der Waals surface area (Å²) >= 11 is 3.33. The van der Waals surface area contributed by atoms with Crippen LogP contribution in [0.5, 0.6) is 0 Å². The van der Waals surface area contributed by atoms with E-state index >= 15 is 0 Å². The summed E-state index contributed by atoms with van der Waals surface area (Å²) in [6.45, 7) is 3.28. The highest BCUT2D eigenvalue weighted by molar-refractivity contribution is 9.10. The van der Waals surface area contributed by atoms with E-state index in [-0.39, 0.29) is 17.4 Å². The van der Waals surface area contributed by atoms with Crippen LogP contribution in [0.2, 0.25) is 0 Å². The molecule has 1 saturated heterocycles. The molecule has 5 nitrogen and oxygen atoms in total. The van der Waals surface area contributed by atoms with E-state index in [9.17, 15) is 13.5 Å². The zero-order chi connectivity index (χ0) is 15.5. The van der Waals surface area contributed by atoms with Crippen molar-refractivity contribution in [3.63, 3.8) is 0 Å². The molecule has 0 bridgehead atoms. The molecule has 1 heterocycles. The number of aliphatic hydroxyl groups excluding tert-OH is 1. The Morgan fingerprint density at radius 2 is 2.24 bits per heavy atom. The Labute approximate surface area is 133 Å². The molecule has 2 rings (SSSR count). The lowest BCUT2D eigenvalue weighted by atomic mass is 10.0. The first kappa shape index (κ1) is 16.9. The SMILES string of the molecule is Cc1c(Br)cc(CO)cc1S(=O)(=O)NCC1CCCOC1. The molecular weight excluding hydrogens is 358 g/mol. The molecule has 1 aromatic carbocycles. The summed E-state index contributed by atoms with van der Waals surface area (Å²) in [6.07, 6.45) is 1.94. The van der Waals surface area contributed by atoms with Crippen molar-refractivity contribution < 1.29 is 18.3 Å². The zero-order valence-electron chi connectivity index (χ0n) is 11.9. The van der Waals surface area contributed by atoms with Gasteiger partial charge in [0.05, 0.1) is 18.1 Å². The van der Waals surface area contributed by atoms with Gasteiger partial charge in [0.1, 0.15) is 0 Å². The van der Waals surface area contributed by atoms with Crippen molar-refractivity contribution >= 4 is 26.0 Å². The first-order valence-corrected chi connectivity index (χ1v) is 9.19. The second-order valence-electron chi connectivity index (χ2n) is 5.29. The van der Waals surface area contributed by atoms with Gasteiger partial charge in [0.25, 0.3) is 0 Å². The maximum atomic E-state index is 12.5. The Morgan fingerprint density at radius 3 is 2.86 bits per heavy atom. The number of sulfonamides is 1. The topological polar surface area (TPSA) is 75.6 Å². The number of ether oxygens (including phenoxy) is 1. The number of rotatable bonds is 5. The molecule has 1 aromatic rings. The highest BCUT2D eigenvalue weighted by Crippen LogP contribution is 2.26. The number of benzene rings is 1. The summed E-state index contributed by atoms with van der Waals surface area (Å²) in [5.74, 6) is 0.221. The molecule has 1 unspecified atom stereocenters. The lowest BCUT2D eigenvalue weighted by Crippen LogP contribution is -2.33. The predicted octanol–water partition coefficient (Wildman–Crippen LogP) is 1.95. The maximum Gasteiger partial charge on any atom is 0.240 e. The quantitative estimate of drug-likeness (QED) is 0.822. The van der Waals surface area contributed by atoms with Gasteiger partial charge in [0.2, 0.25) is 10.0 Å². The number of aliphatic hydroxyl groups is 1. The molecular formula is C14H20BrNO4S. The van der Waals surface area contributed by atoms with Crippen molar-refractivity contribution in [2.75, 3.05) is 19.8 Å². The molecule has 0 aliphatic carbocycles. The Balaban J connectivity index is 2.16. The Morgan fingerprint density at radius 1 is 1.48 bits per heavy atom. The van der Waals surface area contributed by atoms with Crippen LogP contribution < -0.4 is 4.72 Å². The van der Waals surface area contributed by atoms with E-state index in [0.29, 0.717) is 28.8 Å². The molecule has 1 aliphatic rings. The van der Waals surface area contributed by atoms with Crippen LogP contribution in [0.1, 0.15) is 24.0 Å². The number of hydrogen-bond donors (Lipinski definition) is 2. The van der Waals surface area contributed by atoms with Crippen LogP contribution in [0.4, 0.5) is 0 Å². The molecule has 0 radical (unpaired) electrons. The van der Waals surface area contributed by atoms with Crippen molar-refractivity contribution in [2.45, 2.75) is 31.3 Å². The summed E-state index contributed by atoms with van der Waals surface area (Å²) in [7, 11) is -3.59. The third kappa shape index (κ3) is 4.26. The first-order valence-electron chi connectivity index (χ1n) is 6.91. The van der Waals surface area contributed by atoms with Gasteiger partial charge in [-0.25, -0.2) is 13.1 Å². The van der Waals surface area contributed by atoms with Gasteiger partial charge in [0.15, 0.2) is 0 Å². The molecule has 0 aromatic heterocycles. The van der Waals surface area contributed by atoms with Crippen molar-refractivity contribution in [2.24, 2.45) is 5.92 Å². The Kier molecular flexibility index (Phi) is 5.79. The molecule has 1 aliphatic heterocycles. The van der Waals surface area contributed by atoms with E-state index in [2.05, 4.69) is 20.7 Å². The van der Waals surface area contributed by atoms with Crippen molar-refractivity contribution in [3.05, 3.63) is 27.7 Å². The minimum atomic E-state index is -3.59. The lowest BCUT2D eigenvalue weighted by molar-refractivity contribution is 0.0568. The smallest absolute Gasteiger partial charge is 0.240 e. The molecule has 7 heteroatoms. The average molecular weight is 378 g/mol. The summed E-state index contributed by atoms with van der Waals surface area (Å²) in [5, 5.41) is 9.22. The van der Waals surface area contributed by atoms with Gasteiger partial charge >= 0.3 is 0 Å². The minimum absolute atomic E-state index is 0.197. The number of hydrogen-bond acceptors (Lipinski definition) is 4. The minimum Gasteiger partial charge on any atom is -0.392 e. The van der Waals surface area contributed by atoms with Crippen LogP contribution >= 0.6 is 15.9 Å². The fourth-order valence-corrected chi connectivity index (χ4v) is 4.42. The van der Waals surface area contributed by atoms with Crippen LogP contribution in [0.15, 0.2) is 21.5 Å². The monoisotopic (exact) mass is 377 g/mol. The standard InChI is InChI=1S/C14H20BrNO4S/c1-10-13(15)5-12(8-17)6-14(10)21(18,19)16-7-11-3-2-4-20-9-11/h5-6,11,16-17H,2-4,7-9H2,1H3. The molecule has 1 atom stereocenters. The molecule has 0 saturated carbocycles. The van der Waals surface area contributed by atoms with Gasteiger partial charge in [-0.05, 0) is 48.9 Å². The largest absolute Gasteiger partial charge is 0.392 e. The zero-order valence-corrected chi connectivity index (χ0v) is 14.3. The predicted molar refractivity (Wildman–Crippen MR) is 83.5 cm³/mol. The van der Waals surface area contributed by atoms with Crippen LogP contribution in [0, 0.1) is 12.8 Å². The average Bonchev–Trinajstić information content (AvgIpc) is 2.48.